The summed E-state index contributed by atoms with van der Waals surface area (Å²) in [6, 6.07) is 23.4. The monoisotopic (exact) mass is 438 g/mol. The Morgan fingerprint density at radius 3 is 2.36 bits per heavy atom. The van der Waals surface area contributed by atoms with E-state index in [1.165, 1.54) is 12.1 Å². The first kappa shape index (κ1) is 20.0. The van der Waals surface area contributed by atoms with Gasteiger partial charge in [0.2, 0.25) is 0 Å². The molecule has 0 radical (unpaired) electrons. The second kappa shape index (κ2) is 10.00. The lowest BCUT2D eigenvalue weighted by atomic mass is 10.1. The Bertz CT molecular complexity index is 939. The molecule has 3 rings (SSSR count). The van der Waals surface area contributed by atoms with E-state index in [1.54, 1.807) is 30.3 Å². The fourth-order valence-corrected chi connectivity index (χ4v) is 3.33. The number of carbonyl (C=O) groups is 1. The van der Waals surface area contributed by atoms with E-state index in [0.29, 0.717) is 22.9 Å². The Hall–Kier alpha value is -2.72. The summed E-state index contributed by atoms with van der Waals surface area (Å²) in [4.78, 5) is 12.5. The average molecular weight is 439 g/mol. The van der Waals surface area contributed by atoms with Crippen LogP contribution in [0.5, 0.6) is 0 Å². The molecule has 142 valence electrons. The van der Waals surface area contributed by atoms with Gasteiger partial charge in [-0.25, -0.2) is 9.18 Å². The van der Waals surface area contributed by atoms with E-state index < -0.39 is 6.10 Å². The fraction of sp³-hybridized carbons (Fsp3) is 0.125. The summed E-state index contributed by atoms with van der Waals surface area (Å²) in [5.41, 5.74) is 2.52. The number of carbonyl (C=O) groups excluding carboxylic acids is 1. The van der Waals surface area contributed by atoms with Gasteiger partial charge in [0.1, 0.15) is 11.9 Å². The number of rotatable bonds is 7. The Morgan fingerprint density at radius 2 is 1.68 bits per heavy atom. The van der Waals surface area contributed by atoms with Crippen molar-refractivity contribution in [2.24, 2.45) is 0 Å². The maximum Gasteiger partial charge on any atom is 0.338 e. The van der Waals surface area contributed by atoms with Crippen LogP contribution in [0.25, 0.3) is 6.08 Å². The van der Waals surface area contributed by atoms with Gasteiger partial charge < -0.3 is 4.74 Å². The lowest BCUT2D eigenvalue weighted by molar-refractivity contribution is 0.0382. The van der Waals surface area contributed by atoms with E-state index in [4.69, 9.17) is 4.74 Å². The third kappa shape index (κ3) is 5.89. The van der Waals surface area contributed by atoms with Crippen LogP contribution in [0.1, 0.15) is 27.9 Å². The molecule has 0 saturated heterocycles. The molecule has 0 aromatic heterocycles. The van der Waals surface area contributed by atoms with E-state index in [-0.39, 0.29) is 11.8 Å². The maximum absolute atomic E-state index is 13.3. The van der Waals surface area contributed by atoms with Crippen molar-refractivity contribution in [3.8, 4) is 0 Å². The van der Waals surface area contributed by atoms with E-state index in [1.807, 2.05) is 48.6 Å². The van der Waals surface area contributed by atoms with Crippen molar-refractivity contribution in [2.45, 2.75) is 18.9 Å². The highest BCUT2D eigenvalue weighted by molar-refractivity contribution is 9.10. The summed E-state index contributed by atoms with van der Waals surface area (Å²) in [6.07, 6.45) is 4.68. The van der Waals surface area contributed by atoms with Crippen LogP contribution in [0.2, 0.25) is 0 Å². The zero-order valence-electron chi connectivity index (χ0n) is 15.2. The summed E-state index contributed by atoms with van der Waals surface area (Å²) >= 11 is 3.39. The van der Waals surface area contributed by atoms with Crippen LogP contribution in [0, 0.1) is 5.82 Å². The molecule has 4 heteroatoms. The molecule has 0 amide bonds. The van der Waals surface area contributed by atoms with Gasteiger partial charge in [-0.1, -0.05) is 76.6 Å². The predicted molar refractivity (Wildman–Crippen MR) is 114 cm³/mol. The summed E-state index contributed by atoms with van der Waals surface area (Å²) in [7, 11) is 0. The molecule has 0 fully saturated rings. The summed E-state index contributed by atoms with van der Waals surface area (Å²) in [5.74, 6) is -0.645. The Morgan fingerprint density at radius 1 is 1.00 bits per heavy atom. The molecule has 1 atom stereocenters. The molecule has 0 spiro atoms. The normalized spacial score (nSPS) is 12.1. The summed E-state index contributed by atoms with van der Waals surface area (Å²) < 4.78 is 19.7. The van der Waals surface area contributed by atoms with Crippen LogP contribution in [-0.4, -0.2) is 12.1 Å². The zero-order chi connectivity index (χ0) is 19.8. The third-order valence-electron chi connectivity index (χ3n) is 4.28. The van der Waals surface area contributed by atoms with Crippen molar-refractivity contribution in [1.82, 2.24) is 0 Å². The van der Waals surface area contributed by atoms with Gasteiger partial charge in [0.05, 0.1) is 5.56 Å². The average Bonchev–Trinajstić information content (AvgIpc) is 2.72. The van der Waals surface area contributed by atoms with E-state index >= 15 is 0 Å². The van der Waals surface area contributed by atoms with Gasteiger partial charge in [0.15, 0.2) is 0 Å². The third-order valence-corrected chi connectivity index (χ3v) is 5.02. The molecule has 3 aromatic rings. The van der Waals surface area contributed by atoms with Crippen molar-refractivity contribution in [2.75, 3.05) is 0 Å². The number of esters is 1. The second-order valence-corrected chi connectivity index (χ2v) is 7.21. The van der Waals surface area contributed by atoms with Crippen molar-refractivity contribution >= 4 is 28.0 Å². The van der Waals surface area contributed by atoms with Crippen LogP contribution in [0.4, 0.5) is 4.39 Å². The van der Waals surface area contributed by atoms with Crippen molar-refractivity contribution in [3.05, 3.63) is 112 Å². The molecule has 0 unspecified atom stereocenters. The lowest BCUT2D eigenvalue weighted by Crippen LogP contribution is -2.17. The van der Waals surface area contributed by atoms with Crippen molar-refractivity contribution in [3.63, 3.8) is 0 Å². The quantitative estimate of drug-likeness (QED) is 0.395. The second-order valence-electron chi connectivity index (χ2n) is 6.35. The van der Waals surface area contributed by atoms with Gasteiger partial charge in [0, 0.05) is 4.47 Å². The number of halogens is 2. The minimum atomic E-state index is -0.398. The molecule has 28 heavy (non-hydrogen) atoms. The molecule has 0 aliphatic carbocycles. The first-order valence-electron chi connectivity index (χ1n) is 9.05. The minimum absolute atomic E-state index is 0.286. The smallest absolute Gasteiger partial charge is 0.338 e. The lowest BCUT2D eigenvalue weighted by Gasteiger charge is -2.15. The van der Waals surface area contributed by atoms with Gasteiger partial charge >= 0.3 is 5.97 Å². The molecular formula is C24H20BrFO2. The molecule has 2 nitrogen and oxygen atoms in total. The van der Waals surface area contributed by atoms with Gasteiger partial charge in [-0.05, 0) is 54.3 Å². The van der Waals surface area contributed by atoms with Gasteiger partial charge in [-0.2, -0.15) is 0 Å². The molecular weight excluding hydrogens is 419 g/mol. The van der Waals surface area contributed by atoms with Gasteiger partial charge in [0.25, 0.3) is 0 Å². The first-order valence-corrected chi connectivity index (χ1v) is 9.84. The highest BCUT2D eigenvalue weighted by Crippen LogP contribution is 2.21. The van der Waals surface area contributed by atoms with Crippen LogP contribution in [0.15, 0.2) is 89.4 Å². The molecule has 0 saturated carbocycles. The highest BCUT2D eigenvalue weighted by atomic mass is 79.9. The fourth-order valence-electron chi connectivity index (χ4n) is 2.78. The predicted octanol–water partition coefficient (Wildman–Crippen LogP) is 6.46. The van der Waals surface area contributed by atoms with Gasteiger partial charge in [-0.15, -0.1) is 0 Å². The molecule has 0 heterocycles. The maximum atomic E-state index is 13.3. The first-order chi connectivity index (χ1) is 13.6. The number of hydrogen-bond donors (Lipinski definition) is 0. The minimum Gasteiger partial charge on any atom is -0.455 e. The Balaban J connectivity index is 1.73. The highest BCUT2D eigenvalue weighted by Gasteiger charge is 2.14. The largest absolute Gasteiger partial charge is 0.455 e. The van der Waals surface area contributed by atoms with Gasteiger partial charge in [-0.3, -0.25) is 0 Å². The SMILES string of the molecule is O=C(O[C@@H](/C=C/c1ccccc1)CCc1ccc(F)cc1Br)c1ccccc1. The number of aryl methyl sites for hydroxylation is 1. The van der Waals surface area contributed by atoms with Crippen molar-refractivity contribution in [1.29, 1.82) is 0 Å². The zero-order valence-corrected chi connectivity index (χ0v) is 16.8. The summed E-state index contributed by atoms with van der Waals surface area (Å²) in [6.45, 7) is 0. The van der Waals surface area contributed by atoms with E-state index in [0.717, 1.165) is 11.1 Å². The molecule has 0 aliphatic rings. The molecule has 0 aliphatic heterocycles. The number of ether oxygens (including phenoxy) is 1. The van der Waals surface area contributed by atoms with Crippen LogP contribution < -0.4 is 0 Å². The topological polar surface area (TPSA) is 26.3 Å². The standard InChI is InChI=1S/C24H20BrFO2/c25-23-17-21(26)14-12-19(23)13-16-22(15-11-18-7-3-1-4-8-18)28-24(27)20-9-5-2-6-10-20/h1-12,14-15,17,22H,13,16H2/b15-11+/t22-/m0/s1. The summed E-state index contributed by atoms with van der Waals surface area (Å²) in [5, 5.41) is 0. The molecule has 0 bridgehead atoms. The Labute approximate surface area is 172 Å². The number of benzene rings is 3. The Kier molecular flexibility index (Phi) is 7.15. The van der Waals surface area contributed by atoms with Crippen LogP contribution in [-0.2, 0) is 11.2 Å². The number of hydrogen-bond acceptors (Lipinski definition) is 2. The van der Waals surface area contributed by atoms with Crippen LogP contribution in [0.3, 0.4) is 0 Å². The van der Waals surface area contributed by atoms with E-state index in [9.17, 15) is 9.18 Å². The molecule has 3 aromatic carbocycles. The van der Waals surface area contributed by atoms with Crippen LogP contribution >= 0.6 is 15.9 Å². The van der Waals surface area contributed by atoms with E-state index in [2.05, 4.69) is 15.9 Å². The van der Waals surface area contributed by atoms with Crippen molar-refractivity contribution < 1.29 is 13.9 Å². The molecule has 0 N–H and O–H groups in total.